The quantitative estimate of drug-likeness (QED) is 0.522. The van der Waals surface area contributed by atoms with Crippen LogP contribution in [0.5, 0.6) is 0 Å². The van der Waals surface area contributed by atoms with E-state index in [1.807, 2.05) is 7.05 Å². The summed E-state index contributed by atoms with van der Waals surface area (Å²) >= 11 is 0. The normalized spacial score (nSPS) is 16.5. The molecule has 0 aliphatic rings. The molecule has 0 heterocycles. The molecule has 12 heavy (non-hydrogen) atoms. The first-order valence-electron chi connectivity index (χ1n) is 4.80. The van der Waals surface area contributed by atoms with E-state index in [9.17, 15) is 0 Å². The van der Waals surface area contributed by atoms with E-state index in [0.717, 1.165) is 6.42 Å². The fourth-order valence-electron chi connectivity index (χ4n) is 1.02. The van der Waals surface area contributed by atoms with Gasteiger partial charge in [0.25, 0.3) is 0 Å². The van der Waals surface area contributed by atoms with Crippen molar-refractivity contribution in [2.24, 2.45) is 11.7 Å². The van der Waals surface area contributed by atoms with E-state index >= 15 is 0 Å². The predicted molar refractivity (Wildman–Crippen MR) is 53.7 cm³/mol. The average Bonchev–Trinajstić information content (AvgIpc) is 2.03. The molecule has 0 radical (unpaired) electrons. The Morgan fingerprint density at radius 1 is 1.33 bits per heavy atom. The number of hydrogen-bond acceptors (Lipinski definition) is 3. The van der Waals surface area contributed by atoms with Gasteiger partial charge in [-0.05, 0) is 19.4 Å². The van der Waals surface area contributed by atoms with E-state index in [1.54, 1.807) is 0 Å². The van der Waals surface area contributed by atoms with Crippen molar-refractivity contribution in [1.82, 2.24) is 10.6 Å². The molecular weight excluding hydrogens is 150 g/mol. The second kappa shape index (κ2) is 6.40. The van der Waals surface area contributed by atoms with Crippen LogP contribution in [0.1, 0.15) is 33.6 Å². The molecule has 0 aliphatic heterocycles. The highest BCUT2D eigenvalue weighted by Crippen LogP contribution is 1.98. The average molecular weight is 173 g/mol. The van der Waals surface area contributed by atoms with Crippen LogP contribution in [0.15, 0.2) is 0 Å². The van der Waals surface area contributed by atoms with Gasteiger partial charge in [-0.3, -0.25) is 5.32 Å². The van der Waals surface area contributed by atoms with Crippen LogP contribution in [-0.4, -0.2) is 19.4 Å². The molecule has 0 rings (SSSR count). The first kappa shape index (κ1) is 11.9. The molecule has 0 aromatic carbocycles. The molecule has 3 nitrogen and oxygen atoms in total. The second-order valence-corrected chi connectivity index (χ2v) is 3.57. The van der Waals surface area contributed by atoms with Gasteiger partial charge in [0.2, 0.25) is 0 Å². The Bertz CT molecular complexity index is 104. The molecule has 0 saturated carbocycles. The molecule has 3 heteroatoms. The van der Waals surface area contributed by atoms with Gasteiger partial charge in [-0.2, -0.15) is 0 Å². The monoisotopic (exact) mass is 173 g/mol. The van der Waals surface area contributed by atoms with Crippen molar-refractivity contribution in [3.05, 3.63) is 0 Å². The van der Waals surface area contributed by atoms with Crippen LogP contribution in [0.4, 0.5) is 0 Å². The lowest BCUT2D eigenvalue weighted by molar-refractivity contribution is 0.320. The Morgan fingerprint density at radius 2 is 1.92 bits per heavy atom. The minimum absolute atomic E-state index is 0.0917. The highest BCUT2D eigenvalue weighted by molar-refractivity contribution is 4.69. The van der Waals surface area contributed by atoms with Crippen molar-refractivity contribution in [3.8, 4) is 0 Å². The van der Waals surface area contributed by atoms with E-state index in [2.05, 4.69) is 31.4 Å². The lowest BCUT2D eigenvalue weighted by Gasteiger charge is -2.24. The molecule has 2 atom stereocenters. The molecule has 0 aromatic rings. The lowest BCUT2D eigenvalue weighted by atomic mass is 10.1. The van der Waals surface area contributed by atoms with Crippen molar-refractivity contribution in [2.45, 2.75) is 45.9 Å². The van der Waals surface area contributed by atoms with Gasteiger partial charge in [0.15, 0.2) is 0 Å². The van der Waals surface area contributed by atoms with E-state index < -0.39 is 0 Å². The molecule has 4 N–H and O–H groups in total. The van der Waals surface area contributed by atoms with Gasteiger partial charge < -0.3 is 11.1 Å². The maximum atomic E-state index is 5.87. The summed E-state index contributed by atoms with van der Waals surface area (Å²) in [5, 5.41) is 6.53. The van der Waals surface area contributed by atoms with Crippen molar-refractivity contribution in [1.29, 1.82) is 0 Å². The SMILES string of the molecule is CCCC(NC)NC(N)C(C)C. The van der Waals surface area contributed by atoms with Crippen molar-refractivity contribution >= 4 is 0 Å². The third kappa shape index (κ3) is 4.70. The highest BCUT2D eigenvalue weighted by atomic mass is 15.2. The molecule has 0 saturated heterocycles. The summed E-state index contributed by atoms with van der Waals surface area (Å²) in [5.41, 5.74) is 5.87. The predicted octanol–water partition coefficient (Wildman–Crippen LogP) is 0.862. The van der Waals surface area contributed by atoms with Crippen LogP contribution in [0.2, 0.25) is 0 Å². The maximum Gasteiger partial charge on any atom is 0.0581 e. The second-order valence-electron chi connectivity index (χ2n) is 3.57. The fourth-order valence-corrected chi connectivity index (χ4v) is 1.02. The summed E-state index contributed by atoms with van der Waals surface area (Å²) in [6, 6.07) is 0. The molecule has 0 amide bonds. The number of nitrogens with two attached hydrogens (primary N) is 1. The van der Waals surface area contributed by atoms with Crippen molar-refractivity contribution in [2.75, 3.05) is 7.05 Å². The summed E-state index contributed by atoms with van der Waals surface area (Å²) in [5.74, 6) is 0.484. The van der Waals surface area contributed by atoms with E-state index in [0.29, 0.717) is 12.1 Å². The van der Waals surface area contributed by atoms with Crippen LogP contribution in [-0.2, 0) is 0 Å². The molecule has 0 bridgehead atoms. The molecule has 0 aliphatic carbocycles. The summed E-state index contributed by atoms with van der Waals surface area (Å²) in [6.45, 7) is 6.42. The van der Waals surface area contributed by atoms with Crippen LogP contribution in [0, 0.1) is 5.92 Å². The van der Waals surface area contributed by atoms with Crippen LogP contribution >= 0.6 is 0 Å². The Morgan fingerprint density at radius 3 is 2.25 bits per heavy atom. The van der Waals surface area contributed by atoms with E-state index in [1.165, 1.54) is 6.42 Å². The van der Waals surface area contributed by atoms with Gasteiger partial charge >= 0.3 is 0 Å². The highest BCUT2D eigenvalue weighted by Gasteiger charge is 2.11. The summed E-state index contributed by atoms with van der Waals surface area (Å²) in [4.78, 5) is 0. The first-order chi connectivity index (χ1) is 5.61. The van der Waals surface area contributed by atoms with Crippen molar-refractivity contribution in [3.63, 3.8) is 0 Å². The molecule has 2 unspecified atom stereocenters. The van der Waals surface area contributed by atoms with E-state index in [4.69, 9.17) is 5.73 Å². The number of nitrogens with one attached hydrogen (secondary N) is 2. The standard InChI is InChI=1S/C9H23N3/c1-5-6-8(11-4)12-9(10)7(2)3/h7-9,11-12H,5-6,10H2,1-4H3. The Kier molecular flexibility index (Phi) is 6.34. The minimum atomic E-state index is 0.0917. The smallest absolute Gasteiger partial charge is 0.0581 e. The fraction of sp³-hybridized carbons (Fsp3) is 1.00. The topological polar surface area (TPSA) is 50.1 Å². The van der Waals surface area contributed by atoms with Gasteiger partial charge in [0, 0.05) is 0 Å². The Hall–Kier alpha value is -0.120. The molecule has 0 aromatic heterocycles. The summed E-state index contributed by atoms with van der Waals surface area (Å²) < 4.78 is 0. The van der Waals surface area contributed by atoms with Gasteiger partial charge in [-0.25, -0.2) is 0 Å². The minimum Gasteiger partial charge on any atom is -0.316 e. The van der Waals surface area contributed by atoms with E-state index in [-0.39, 0.29) is 6.17 Å². The Labute approximate surface area is 76.1 Å². The molecule has 0 spiro atoms. The summed E-state index contributed by atoms with van der Waals surface area (Å²) in [7, 11) is 1.96. The Balaban J connectivity index is 3.68. The molecular formula is C9H23N3. The lowest BCUT2D eigenvalue weighted by Crippen LogP contribution is -2.52. The largest absolute Gasteiger partial charge is 0.316 e. The zero-order chi connectivity index (χ0) is 9.56. The van der Waals surface area contributed by atoms with Crippen LogP contribution in [0.3, 0.4) is 0 Å². The molecule has 0 fully saturated rings. The van der Waals surface area contributed by atoms with Gasteiger partial charge in [-0.15, -0.1) is 0 Å². The zero-order valence-corrected chi connectivity index (χ0v) is 8.72. The third-order valence-electron chi connectivity index (χ3n) is 2.04. The maximum absolute atomic E-state index is 5.87. The number of rotatable bonds is 6. The van der Waals surface area contributed by atoms with Crippen LogP contribution in [0.25, 0.3) is 0 Å². The number of hydrogen-bond donors (Lipinski definition) is 3. The third-order valence-corrected chi connectivity index (χ3v) is 2.04. The van der Waals surface area contributed by atoms with Crippen LogP contribution < -0.4 is 16.4 Å². The summed E-state index contributed by atoms with van der Waals surface area (Å²) in [6.07, 6.45) is 2.74. The van der Waals surface area contributed by atoms with Gasteiger partial charge in [0.1, 0.15) is 0 Å². The zero-order valence-electron chi connectivity index (χ0n) is 8.72. The first-order valence-corrected chi connectivity index (χ1v) is 4.80. The molecule has 74 valence electrons. The van der Waals surface area contributed by atoms with Gasteiger partial charge in [-0.1, -0.05) is 27.2 Å². The van der Waals surface area contributed by atoms with Crippen molar-refractivity contribution < 1.29 is 0 Å². The van der Waals surface area contributed by atoms with Gasteiger partial charge in [0.05, 0.1) is 12.3 Å².